The molecule has 5 rings (SSSR count). The van der Waals surface area contributed by atoms with Gasteiger partial charge in [0.15, 0.2) is 0 Å². The molecule has 33 heavy (non-hydrogen) atoms. The summed E-state index contributed by atoms with van der Waals surface area (Å²) >= 11 is 0. The third kappa shape index (κ3) is 4.69. The number of nitrogen functional groups attached to an aromatic ring is 1. The van der Waals surface area contributed by atoms with Crippen LogP contribution in [0.15, 0.2) is 75.9 Å². The molecule has 4 aromatic rings. The number of halogens is 1. The molecule has 3 aromatic carbocycles. The van der Waals surface area contributed by atoms with Gasteiger partial charge >= 0.3 is 5.63 Å². The molecule has 168 valence electrons. The number of hydrogen-bond donors (Lipinski definition) is 2. The van der Waals surface area contributed by atoms with E-state index in [1.165, 1.54) is 30.5 Å². The predicted molar refractivity (Wildman–Crippen MR) is 131 cm³/mol. The zero-order valence-corrected chi connectivity index (χ0v) is 18.4. The lowest BCUT2D eigenvalue weighted by molar-refractivity contribution is 0.372. The van der Waals surface area contributed by atoms with Gasteiger partial charge in [-0.3, -0.25) is 0 Å². The summed E-state index contributed by atoms with van der Waals surface area (Å²) in [7, 11) is 0. The molecular weight excluding hydrogens is 415 g/mol. The standard InChI is InChI=1S/C28H27FN2O2/c29-22-7-5-21(6-8-22)27-25(24-10-9-23(30)17-26(24)33-28(27)32)16-19-3-1-18(2-4-19)15-20-11-13-31-14-12-20/h1-10,17,20,31H,11-16,30H2. The normalized spacial score (nSPS) is 14.6. The molecule has 0 unspecified atom stereocenters. The number of piperidine rings is 1. The second-order valence-electron chi connectivity index (χ2n) is 8.90. The van der Waals surface area contributed by atoms with Gasteiger partial charge in [-0.25, -0.2) is 9.18 Å². The van der Waals surface area contributed by atoms with Crippen LogP contribution in [0.3, 0.4) is 0 Å². The van der Waals surface area contributed by atoms with Crippen molar-refractivity contribution in [1.29, 1.82) is 0 Å². The van der Waals surface area contributed by atoms with Gasteiger partial charge < -0.3 is 15.5 Å². The number of nitrogens with two attached hydrogens (primary N) is 1. The van der Waals surface area contributed by atoms with Gasteiger partial charge in [0.05, 0.1) is 5.56 Å². The first-order valence-electron chi connectivity index (χ1n) is 11.5. The van der Waals surface area contributed by atoms with Crippen LogP contribution in [0.2, 0.25) is 0 Å². The minimum atomic E-state index is -0.447. The monoisotopic (exact) mass is 442 g/mol. The van der Waals surface area contributed by atoms with E-state index in [0.717, 1.165) is 41.9 Å². The number of nitrogens with one attached hydrogen (secondary N) is 1. The predicted octanol–water partition coefficient (Wildman–Crippen LogP) is 5.31. The molecule has 0 amide bonds. The first kappa shape index (κ1) is 21.4. The molecule has 1 saturated heterocycles. The highest BCUT2D eigenvalue weighted by Crippen LogP contribution is 2.31. The van der Waals surface area contributed by atoms with Gasteiger partial charge in [0.25, 0.3) is 0 Å². The fourth-order valence-corrected chi connectivity index (χ4v) is 4.79. The summed E-state index contributed by atoms with van der Waals surface area (Å²) in [6.07, 6.45) is 4.10. The van der Waals surface area contributed by atoms with Crippen molar-refractivity contribution in [2.24, 2.45) is 5.92 Å². The van der Waals surface area contributed by atoms with Crippen LogP contribution in [0.25, 0.3) is 22.1 Å². The number of hydrogen-bond acceptors (Lipinski definition) is 4. The molecule has 0 atom stereocenters. The zero-order valence-electron chi connectivity index (χ0n) is 18.4. The molecule has 1 fully saturated rings. The van der Waals surface area contributed by atoms with E-state index in [9.17, 15) is 9.18 Å². The van der Waals surface area contributed by atoms with Crippen molar-refractivity contribution in [3.05, 3.63) is 99.7 Å². The highest BCUT2D eigenvalue weighted by molar-refractivity contribution is 5.89. The molecule has 0 spiro atoms. The number of anilines is 1. The van der Waals surface area contributed by atoms with Crippen molar-refractivity contribution in [3.8, 4) is 11.1 Å². The molecule has 5 heteroatoms. The third-order valence-corrected chi connectivity index (χ3v) is 6.56. The Morgan fingerprint density at radius 3 is 2.36 bits per heavy atom. The summed E-state index contributed by atoms with van der Waals surface area (Å²) in [6, 6.07) is 20.0. The van der Waals surface area contributed by atoms with Crippen molar-refractivity contribution in [3.63, 3.8) is 0 Å². The van der Waals surface area contributed by atoms with E-state index in [2.05, 4.69) is 29.6 Å². The minimum absolute atomic E-state index is 0.345. The van der Waals surface area contributed by atoms with Crippen molar-refractivity contribution in [1.82, 2.24) is 5.32 Å². The molecule has 2 heterocycles. The van der Waals surface area contributed by atoms with Crippen LogP contribution in [0.4, 0.5) is 10.1 Å². The Morgan fingerprint density at radius 2 is 1.64 bits per heavy atom. The smallest absolute Gasteiger partial charge is 0.344 e. The Labute approximate surface area is 192 Å². The van der Waals surface area contributed by atoms with E-state index in [-0.39, 0.29) is 5.82 Å². The molecule has 0 aliphatic carbocycles. The minimum Gasteiger partial charge on any atom is -0.422 e. The quantitative estimate of drug-likeness (QED) is 0.324. The molecule has 1 aromatic heterocycles. The zero-order chi connectivity index (χ0) is 22.8. The first-order chi connectivity index (χ1) is 16.1. The van der Waals surface area contributed by atoms with Gasteiger partial charge in [0.1, 0.15) is 11.4 Å². The van der Waals surface area contributed by atoms with E-state index in [1.807, 2.05) is 12.1 Å². The summed E-state index contributed by atoms with van der Waals surface area (Å²) in [4.78, 5) is 13.0. The first-order valence-corrected chi connectivity index (χ1v) is 11.5. The fourth-order valence-electron chi connectivity index (χ4n) is 4.79. The third-order valence-electron chi connectivity index (χ3n) is 6.56. The van der Waals surface area contributed by atoms with Crippen LogP contribution in [0.5, 0.6) is 0 Å². The average molecular weight is 443 g/mol. The lowest BCUT2D eigenvalue weighted by Crippen LogP contribution is -2.28. The highest BCUT2D eigenvalue weighted by Gasteiger charge is 2.18. The van der Waals surface area contributed by atoms with Gasteiger partial charge in [-0.1, -0.05) is 36.4 Å². The SMILES string of the molecule is Nc1ccc2c(Cc3ccc(CC4CCNCC4)cc3)c(-c3ccc(F)cc3)c(=O)oc2c1. The van der Waals surface area contributed by atoms with Crippen LogP contribution >= 0.6 is 0 Å². The van der Waals surface area contributed by atoms with E-state index in [1.54, 1.807) is 18.2 Å². The van der Waals surface area contributed by atoms with Gasteiger partial charge in [0, 0.05) is 17.1 Å². The van der Waals surface area contributed by atoms with Crippen molar-refractivity contribution < 1.29 is 8.81 Å². The molecule has 1 aliphatic heterocycles. The second kappa shape index (κ2) is 9.20. The lowest BCUT2D eigenvalue weighted by atomic mass is 9.89. The fraction of sp³-hybridized carbons (Fsp3) is 0.250. The van der Waals surface area contributed by atoms with Crippen molar-refractivity contribution >= 4 is 16.7 Å². The molecule has 4 nitrogen and oxygen atoms in total. The van der Waals surface area contributed by atoms with Gasteiger partial charge in [-0.15, -0.1) is 0 Å². The van der Waals surface area contributed by atoms with Crippen LogP contribution < -0.4 is 16.7 Å². The summed E-state index contributed by atoms with van der Waals surface area (Å²) < 4.78 is 19.1. The Hall–Kier alpha value is -3.44. The molecular formula is C28H27FN2O2. The topological polar surface area (TPSA) is 68.3 Å². The van der Waals surface area contributed by atoms with Crippen LogP contribution in [-0.2, 0) is 12.8 Å². The maximum absolute atomic E-state index is 13.5. The van der Waals surface area contributed by atoms with Crippen LogP contribution in [0.1, 0.15) is 29.5 Å². The van der Waals surface area contributed by atoms with Crippen LogP contribution in [0, 0.1) is 11.7 Å². The second-order valence-corrected chi connectivity index (χ2v) is 8.90. The maximum atomic E-state index is 13.5. The van der Waals surface area contributed by atoms with Crippen LogP contribution in [-0.4, -0.2) is 13.1 Å². The van der Waals surface area contributed by atoms with E-state index in [4.69, 9.17) is 10.2 Å². The number of fused-ring (bicyclic) bond motifs is 1. The lowest BCUT2D eigenvalue weighted by Gasteiger charge is -2.22. The van der Waals surface area contributed by atoms with E-state index < -0.39 is 5.63 Å². The highest BCUT2D eigenvalue weighted by atomic mass is 19.1. The Kier molecular flexibility index (Phi) is 5.97. The van der Waals surface area contributed by atoms with Crippen molar-refractivity contribution in [2.45, 2.75) is 25.7 Å². The summed E-state index contributed by atoms with van der Waals surface area (Å²) in [5, 5.41) is 4.25. The molecule has 0 saturated carbocycles. The van der Waals surface area contributed by atoms with Gasteiger partial charge in [-0.05, 0) is 91.2 Å². The summed E-state index contributed by atoms with van der Waals surface area (Å²) in [5.74, 6) is 0.387. The summed E-state index contributed by atoms with van der Waals surface area (Å²) in [6.45, 7) is 2.20. The Morgan fingerprint density at radius 1 is 0.939 bits per heavy atom. The van der Waals surface area contributed by atoms with Gasteiger partial charge in [-0.2, -0.15) is 0 Å². The molecule has 0 radical (unpaired) electrons. The van der Waals surface area contributed by atoms with E-state index >= 15 is 0 Å². The Balaban J connectivity index is 1.52. The molecule has 0 bridgehead atoms. The summed E-state index contributed by atoms with van der Waals surface area (Å²) in [5.41, 5.74) is 10.9. The Bertz CT molecular complexity index is 1320. The molecule has 1 aliphatic rings. The largest absolute Gasteiger partial charge is 0.422 e. The average Bonchev–Trinajstić information content (AvgIpc) is 2.82. The molecule has 3 N–H and O–H groups in total. The maximum Gasteiger partial charge on any atom is 0.344 e. The van der Waals surface area contributed by atoms with Crippen molar-refractivity contribution in [2.75, 3.05) is 18.8 Å². The number of rotatable bonds is 5. The van der Waals surface area contributed by atoms with Gasteiger partial charge in [0.2, 0.25) is 0 Å². The van der Waals surface area contributed by atoms with E-state index in [0.29, 0.717) is 28.8 Å². The number of benzene rings is 3.